The normalized spacial score (nSPS) is 15.1. The molecule has 154 valence electrons. The van der Waals surface area contributed by atoms with Gasteiger partial charge >= 0.3 is 11.8 Å². The van der Waals surface area contributed by atoms with Gasteiger partial charge in [-0.1, -0.05) is 6.42 Å². The lowest BCUT2D eigenvalue weighted by molar-refractivity contribution is -0.139. The molecule has 0 saturated carbocycles. The molecule has 1 aliphatic heterocycles. The van der Waals surface area contributed by atoms with Gasteiger partial charge in [0.1, 0.15) is 11.5 Å². The van der Waals surface area contributed by atoms with Crippen molar-refractivity contribution >= 4 is 17.5 Å². The Morgan fingerprint density at radius 3 is 2.69 bits per heavy atom. The molecule has 1 saturated heterocycles. The van der Waals surface area contributed by atoms with Crippen molar-refractivity contribution < 1.29 is 19.1 Å². The number of hydrogen-bond acceptors (Lipinski definition) is 6. The zero-order chi connectivity index (χ0) is 20.6. The molecular weight excluding hydrogens is 372 g/mol. The highest BCUT2D eigenvalue weighted by Crippen LogP contribution is 2.22. The third kappa shape index (κ3) is 5.92. The van der Waals surface area contributed by atoms with Crippen molar-refractivity contribution in [1.29, 1.82) is 0 Å². The van der Waals surface area contributed by atoms with Crippen LogP contribution >= 0.6 is 0 Å². The maximum absolute atomic E-state index is 11.9. The molecule has 0 spiro atoms. The van der Waals surface area contributed by atoms with Gasteiger partial charge in [0, 0.05) is 12.1 Å². The molecule has 8 nitrogen and oxygen atoms in total. The van der Waals surface area contributed by atoms with Crippen molar-refractivity contribution in [3.05, 3.63) is 53.5 Å². The molecule has 1 aliphatic rings. The monoisotopic (exact) mass is 398 g/mol. The Labute approximate surface area is 169 Å². The Morgan fingerprint density at radius 1 is 1.17 bits per heavy atom. The summed E-state index contributed by atoms with van der Waals surface area (Å²) in [6, 6.07) is 8.63. The maximum atomic E-state index is 11.9. The van der Waals surface area contributed by atoms with Crippen LogP contribution in [-0.2, 0) is 22.7 Å². The average molecular weight is 398 g/mol. The second-order valence-electron chi connectivity index (χ2n) is 7.08. The zero-order valence-corrected chi connectivity index (χ0v) is 16.5. The van der Waals surface area contributed by atoms with Crippen LogP contribution in [0.25, 0.3) is 0 Å². The van der Waals surface area contributed by atoms with E-state index in [0.29, 0.717) is 18.0 Å². The van der Waals surface area contributed by atoms with Crippen LogP contribution in [0.3, 0.4) is 0 Å². The van der Waals surface area contributed by atoms with E-state index in [0.717, 1.165) is 24.2 Å². The molecule has 0 bridgehead atoms. The minimum absolute atomic E-state index is 0.125. The van der Waals surface area contributed by atoms with Gasteiger partial charge in [-0.3, -0.25) is 14.5 Å². The van der Waals surface area contributed by atoms with Crippen molar-refractivity contribution in [2.75, 3.05) is 13.1 Å². The first-order valence-electron chi connectivity index (χ1n) is 9.72. The number of aromatic hydroxyl groups is 1. The molecule has 29 heavy (non-hydrogen) atoms. The molecule has 0 unspecified atom stereocenters. The molecule has 8 heteroatoms. The number of carbonyl (C=O) groups is 2. The summed E-state index contributed by atoms with van der Waals surface area (Å²) in [7, 11) is 0. The quantitative estimate of drug-likeness (QED) is 0.393. The molecule has 2 aromatic rings. The molecule has 0 atom stereocenters. The Bertz CT molecular complexity index is 871. The number of nitrogens with zero attached hydrogens (tertiary/aromatic N) is 2. The highest BCUT2D eigenvalue weighted by Gasteiger charge is 2.15. The van der Waals surface area contributed by atoms with Crippen molar-refractivity contribution in [3.8, 4) is 5.75 Å². The number of nitrogens with one attached hydrogen (secondary N) is 2. The number of furan rings is 1. The van der Waals surface area contributed by atoms with E-state index in [9.17, 15) is 14.7 Å². The van der Waals surface area contributed by atoms with Crippen molar-refractivity contribution in [3.63, 3.8) is 0 Å². The molecule has 1 aromatic carbocycles. The molecular formula is C21H26N4O4. The van der Waals surface area contributed by atoms with Gasteiger partial charge in [-0.25, -0.2) is 5.43 Å². The number of phenolic OH excluding ortho intramolecular Hbond substituents is 1. The van der Waals surface area contributed by atoms with Gasteiger partial charge < -0.3 is 14.8 Å². The number of piperidine rings is 1. The van der Waals surface area contributed by atoms with Gasteiger partial charge in [0.05, 0.1) is 18.5 Å². The topological polar surface area (TPSA) is 107 Å². The predicted octanol–water partition coefficient (Wildman–Crippen LogP) is 2.13. The number of phenols is 1. The highest BCUT2D eigenvalue weighted by molar-refractivity contribution is 6.35. The lowest BCUT2D eigenvalue weighted by Gasteiger charge is -2.26. The second kappa shape index (κ2) is 9.88. The van der Waals surface area contributed by atoms with Crippen molar-refractivity contribution in [2.24, 2.45) is 5.10 Å². The standard InChI is InChI=1S/C21H26N4O4/c1-15(23-24-21(28)20(27)22-13-18-6-5-11-29-18)16-7-8-19(26)17(12-16)14-25-9-3-2-4-10-25/h5-8,11-12,26H,2-4,9-10,13-14H2,1H3,(H,22,27)(H,24,28)/b23-15+. The van der Waals surface area contributed by atoms with E-state index < -0.39 is 11.8 Å². The predicted molar refractivity (Wildman–Crippen MR) is 108 cm³/mol. The Morgan fingerprint density at radius 2 is 1.97 bits per heavy atom. The first kappa shape index (κ1) is 20.6. The number of hydrazone groups is 1. The van der Waals surface area contributed by atoms with E-state index in [1.165, 1.54) is 25.5 Å². The summed E-state index contributed by atoms with van der Waals surface area (Å²) < 4.78 is 5.10. The van der Waals surface area contributed by atoms with Crippen LogP contribution < -0.4 is 10.7 Å². The lowest BCUT2D eigenvalue weighted by Crippen LogP contribution is -2.37. The number of carbonyl (C=O) groups excluding carboxylic acids is 2. The van der Waals surface area contributed by atoms with Crippen molar-refractivity contribution in [2.45, 2.75) is 39.3 Å². The van der Waals surface area contributed by atoms with Gasteiger partial charge in [0.2, 0.25) is 0 Å². The largest absolute Gasteiger partial charge is 0.508 e. The highest BCUT2D eigenvalue weighted by atomic mass is 16.3. The van der Waals surface area contributed by atoms with Gasteiger partial charge in [0.25, 0.3) is 0 Å². The molecule has 1 aromatic heterocycles. The Kier molecular flexibility index (Phi) is 7.02. The minimum Gasteiger partial charge on any atom is -0.508 e. The molecule has 1 fully saturated rings. The van der Waals surface area contributed by atoms with E-state index >= 15 is 0 Å². The number of likely N-dealkylation sites (tertiary alicyclic amines) is 1. The maximum Gasteiger partial charge on any atom is 0.329 e. The first-order valence-corrected chi connectivity index (χ1v) is 9.72. The smallest absolute Gasteiger partial charge is 0.329 e. The van der Waals surface area contributed by atoms with Crippen LogP contribution in [-0.4, -0.2) is 40.6 Å². The van der Waals surface area contributed by atoms with Gasteiger partial charge in [-0.15, -0.1) is 0 Å². The number of rotatable bonds is 6. The van der Waals surface area contributed by atoms with E-state index in [4.69, 9.17) is 4.42 Å². The van der Waals surface area contributed by atoms with Gasteiger partial charge in [0.15, 0.2) is 0 Å². The molecule has 0 aliphatic carbocycles. The zero-order valence-electron chi connectivity index (χ0n) is 16.5. The van der Waals surface area contributed by atoms with E-state index in [-0.39, 0.29) is 12.3 Å². The number of hydrogen-bond donors (Lipinski definition) is 3. The van der Waals surface area contributed by atoms with Crippen LogP contribution in [0.4, 0.5) is 0 Å². The number of benzene rings is 1. The fraction of sp³-hybridized carbons (Fsp3) is 0.381. The van der Waals surface area contributed by atoms with E-state index in [1.54, 1.807) is 31.2 Å². The summed E-state index contributed by atoms with van der Waals surface area (Å²) in [6.45, 7) is 4.59. The van der Waals surface area contributed by atoms with Crippen LogP contribution in [0.15, 0.2) is 46.1 Å². The van der Waals surface area contributed by atoms with Crippen LogP contribution in [0.1, 0.15) is 43.1 Å². The summed E-state index contributed by atoms with van der Waals surface area (Å²) in [6.07, 6.45) is 5.10. The molecule has 2 heterocycles. The van der Waals surface area contributed by atoms with Gasteiger partial charge in [-0.05, 0) is 68.8 Å². The van der Waals surface area contributed by atoms with Crippen LogP contribution in [0, 0.1) is 0 Å². The molecule has 0 radical (unpaired) electrons. The summed E-state index contributed by atoms with van der Waals surface area (Å²) in [4.78, 5) is 26.1. The van der Waals surface area contributed by atoms with Crippen LogP contribution in [0.5, 0.6) is 5.75 Å². The fourth-order valence-corrected chi connectivity index (χ4v) is 3.21. The molecule has 2 amide bonds. The molecule has 3 rings (SSSR count). The average Bonchev–Trinajstić information content (AvgIpc) is 3.26. The second-order valence-corrected chi connectivity index (χ2v) is 7.08. The van der Waals surface area contributed by atoms with Crippen LogP contribution in [0.2, 0.25) is 0 Å². The summed E-state index contributed by atoms with van der Waals surface area (Å²) >= 11 is 0. The van der Waals surface area contributed by atoms with Gasteiger partial charge in [-0.2, -0.15) is 5.10 Å². The Balaban J connectivity index is 1.57. The lowest BCUT2D eigenvalue weighted by atomic mass is 10.0. The third-order valence-corrected chi connectivity index (χ3v) is 4.87. The van der Waals surface area contributed by atoms with E-state index in [1.807, 2.05) is 6.07 Å². The fourth-order valence-electron chi connectivity index (χ4n) is 3.21. The Hall–Kier alpha value is -3.13. The SMILES string of the molecule is C/C(=N\NC(=O)C(=O)NCc1ccco1)c1ccc(O)c(CN2CCCCC2)c1. The van der Waals surface area contributed by atoms with Crippen molar-refractivity contribution in [1.82, 2.24) is 15.6 Å². The minimum atomic E-state index is -0.858. The summed E-state index contributed by atoms with van der Waals surface area (Å²) in [5.41, 5.74) is 4.39. The summed E-state index contributed by atoms with van der Waals surface area (Å²) in [5, 5.41) is 16.7. The van der Waals surface area contributed by atoms with E-state index in [2.05, 4.69) is 20.7 Å². The molecule has 3 N–H and O–H groups in total. The third-order valence-electron chi connectivity index (χ3n) is 4.87. The first-order chi connectivity index (χ1) is 14.0. The summed E-state index contributed by atoms with van der Waals surface area (Å²) in [5.74, 6) is -0.859. The number of amides is 2.